The first-order chi connectivity index (χ1) is 8.35. The molecule has 0 amide bonds. The standard InChI is InChI=1S/C14H18N2O/c1-2-16(9-10-17)11-12-7-8-15-14-6-4-3-5-13(12)14/h3-8,17H,2,9-11H2,1H3. The molecule has 90 valence electrons. The number of fused-ring (bicyclic) bond motifs is 1. The Bertz CT molecular complexity index is 479. The van der Waals surface area contributed by atoms with Gasteiger partial charge in [-0.1, -0.05) is 25.1 Å². The summed E-state index contributed by atoms with van der Waals surface area (Å²) >= 11 is 0. The van der Waals surface area contributed by atoms with Crippen molar-refractivity contribution in [2.75, 3.05) is 19.7 Å². The predicted octanol–water partition coefficient (Wildman–Crippen LogP) is 2.05. The van der Waals surface area contributed by atoms with E-state index in [9.17, 15) is 0 Å². The number of aliphatic hydroxyl groups excluding tert-OH is 1. The van der Waals surface area contributed by atoms with Gasteiger partial charge in [0, 0.05) is 24.7 Å². The van der Waals surface area contributed by atoms with E-state index in [-0.39, 0.29) is 6.61 Å². The SMILES string of the molecule is CCN(CCO)Cc1ccnc2ccccc12. The van der Waals surface area contributed by atoms with Gasteiger partial charge in [0.15, 0.2) is 0 Å². The third-order valence-corrected chi connectivity index (χ3v) is 3.00. The van der Waals surface area contributed by atoms with Gasteiger partial charge in [-0.2, -0.15) is 0 Å². The summed E-state index contributed by atoms with van der Waals surface area (Å²) in [5.41, 5.74) is 2.30. The summed E-state index contributed by atoms with van der Waals surface area (Å²) < 4.78 is 0. The molecule has 0 saturated heterocycles. The minimum absolute atomic E-state index is 0.205. The number of hydrogen-bond acceptors (Lipinski definition) is 3. The van der Waals surface area contributed by atoms with Crippen LogP contribution in [-0.2, 0) is 6.54 Å². The maximum atomic E-state index is 9.01. The molecule has 1 aromatic carbocycles. The van der Waals surface area contributed by atoms with E-state index in [4.69, 9.17) is 5.11 Å². The Labute approximate surface area is 102 Å². The van der Waals surface area contributed by atoms with Crippen molar-refractivity contribution < 1.29 is 5.11 Å². The lowest BCUT2D eigenvalue weighted by atomic mass is 10.1. The van der Waals surface area contributed by atoms with Crippen molar-refractivity contribution in [3.05, 3.63) is 42.1 Å². The normalized spacial score (nSPS) is 11.2. The Balaban J connectivity index is 2.28. The van der Waals surface area contributed by atoms with Crippen LogP contribution in [0.2, 0.25) is 0 Å². The van der Waals surface area contributed by atoms with E-state index < -0.39 is 0 Å². The lowest BCUT2D eigenvalue weighted by Gasteiger charge is -2.19. The summed E-state index contributed by atoms with van der Waals surface area (Å²) in [5.74, 6) is 0. The number of aliphatic hydroxyl groups is 1. The van der Waals surface area contributed by atoms with Crippen LogP contribution in [0.25, 0.3) is 10.9 Å². The van der Waals surface area contributed by atoms with Gasteiger partial charge in [0.25, 0.3) is 0 Å². The molecule has 0 atom stereocenters. The number of likely N-dealkylation sites (N-methyl/N-ethyl adjacent to an activating group) is 1. The second-order valence-electron chi connectivity index (χ2n) is 4.08. The highest BCUT2D eigenvalue weighted by Crippen LogP contribution is 2.17. The number of hydrogen-bond donors (Lipinski definition) is 1. The zero-order valence-corrected chi connectivity index (χ0v) is 10.1. The van der Waals surface area contributed by atoms with E-state index in [1.54, 1.807) is 0 Å². The molecule has 0 unspecified atom stereocenters. The van der Waals surface area contributed by atoms with E-state index in [0.29, 0.717) is 6.54 Å². The van der Waals surface area contributed by atoms with E-state index in [1.807, 2.05) is 24.4 Å². The van der Waals surface area contributed by atoms with Crippen LogP contribution in [0, 0.1) is 0 Å². The zero-order valence-electron chi connectivity index (χ0n) is 10.1. The zero-order chi connectivity index (χ0) is 12.1. The smallest absolute Gasteiger partial charge is 0.0705 e. The number of benzene rings is 1. The van der Waals surface area contributed by atoms with Crippen LogP contribution < -0.4 is 0 Å². The average molecular weight is 230 g/mol. The number of rotatable bonds is 5. The Morgan fingerprint density at radius 3 is 2.82 bits per heavy atom. The largest absolute Gasteiger partial charge is 0.395 e. The van der Waals surface area contributed by atoms with Gasteiger partial charge in [-0.3, -0.25) is 9.88 Å². The second-order valence-corrected chi connectivity index (χ2v) is 4.08. The summed E-state index contributed by atoms with van der Waals surface area (Å²) in [6, 6.07) is 10.2. The number of nitrogens with zero attached hydrogens (tertiary/aromatic N) is 2. The van der Waals surface area contributed by atoms with Crippen LogP contribution in [0.1, 0.15) is 12.5 Å². The molecule has 0 aliphatic carbocycles. The fourth-order valence-corrected chi connectivity index (χ4v) is 2.02. The van der Waals surface area contributed by atoms with Crippen molar-refractivity contribution >= 4 is 10.9 Å². The van der Waals surface area contributed by atoms with Gasteiger partial charge in [0.1, 0.15) is 0 Å². The van der Waals surface area contributed by atoms with Crippen LogP contribution in [-0.4, -0.2) is 34.7 Å². The quantitative estimate of drug-likeness (QED) is 0.854. The highest BCUT2D eigenvalue weighted by molar-refractivity contribution is 5.81. The number of para-hydroxylation sites is 1. The van der Waals surface area contributed by atoms with Crippen LogP contribution in [0.3, 0.4) is 0 Å². The summed E-state index contributed by atoms with van der Waals surface area (Å²) in [6.07, 6.45) is 1.85. The fraction of sp³-hybridized carbons (Fsp3) is 0.357. The second kappa shape index (κ2) is 5.75. The van der Waals surface area contributed by atoms with E-state index >= 15 is 0 Å². The van der Waals surface area contributed by atoms with Gasteiger partial charge in [0.2, 0.25) is 0 Å². The minimum Gasteiger partial charge on any atom is -0.395 e. The third kappa shape index (κ3) is 2.81. The molecule has 0 radical (unpaired) electrons. The molecule has 0 aliphatic rings. The summed E-state index contributed by atoms with van der Waals surface area (Å²) in [7, 11) is 0. The first-order valence-corrected chi connectivity index (χ1v) is 6.01. The van der Waals surface area contributed by atoms with Crippen LogP contribution >= 0.6 is 0 Å². The molecule has 0 fully saturated rings. The van der Waals surface area contributed by atoms with Crippen molar-refractivity contribution in [3.8, 4) is 0 Å². The molecule has 0 bridgehead atoms. The topological polar surface area (TPSA) is 36.4 Å². The molecule has 3 nitrogen and oxygen atoms in total. The highest BCUT2D eigenvalue weighted by Gasteiger charge is 2.06. The van der Waals surface area contributed by atoms with Crippen molar-refractivity contribution in [3.63, 3.8) is 0 Å². The average Bonchev–Trinajstić information content (AvgIpc) is 2.38. The predicted molar refractivity (Wildman–Crippen MR) is 69.8 cm³/mol. The van der Waals surface area contributed by atoms with Gasteiger partial charge in [-0.05, 0) is 24.2 Å². The lowest BCUT2D eigenvalue weighted by molar-refractivity contribution is 0.197. The van der Waals surface area contributed by atoms with Crippen molar-refractivity contribution in [2.24, 2.45) is 0 Å². The Kier molecular flexibility index (Phi) is 4.07. The molecule has 0 aliphatic heterocycles. The van der Waals surface area contributed by atoms with Crippen molar-refractivity contribution in [2.45, 2.75) is 13.5 Å². The maximum Gasteiger partial charge on any atom is 0.0705 e. The van der Waals surface area contributed by atoms with Crippen LogP contribution in [0.5, 0.6) is 0 Å². The maximum absolute atomic E-state index is 9.01. The molecule has 1 N–H and O–H groups in total. The Morgan fingerprint density at radius 2 is 2.06 bits per heavy atom. The van der Waals surface area contributed by atoms with Gasteiger partial charge >= 0.3 is 0 Å². The third-order valence-electron chi connectivity index (χ3n) is 3.00. The summed E-state index contributed by atoms with van der Waals surface area (Å²) in [5, 5.41) is 10.2. The molecule has 0 saturated carbocycles. The molecule has 1 heterocycles. The molecule has 1 aromatic heterocycles. The van der Waals surface area contributed by atoms with Gasteiger partial charge in [0.05, 0.1) is 12.1 Å². The van der Waals surface area contributed by atoms with Gasteiger partial charge in [-0.25, -0.2) is 0 Å². The van der Waals surface area contributed by atoms with Crippen LogP contribution in [0.4, 0.5) is 0 Å². The molecule has 3 heteroatoms. The molecular formula is C14H18N2O. The molecule has 2 aromatic rings. The van der Waals surface area contributed by atoms with E-state index in [0.717, 1.165) is 18.6 Å². The Hall–Kier alpha value is -1.45. The summed E-state index contributed by atoms with van der Waals surface area (Å²) in [4.78, 5) is 6.58. The molecular weight excluding hydrogens is 212 g/mol. The molecule has 2 rings (SSSR count). The minimum atomic E-state index is 0.205. The number of aromatic nitrogens is 1. The first-order valence-electron chi connectivity index (χ1n) is 6.01. The number of pyridine rings is 1. The highest BCUT2D eigenvalue weighted by atomic mass is 16.3. The fourth-order valence-electron chi connectivity index (χ4n) is 2.02. The van der Waals surface area contributed by atoms with E-state index in [2.05, 4.69) is 28.9 Å². The van der Waals surface area contributed by atoms with Crippen molar-refractivity contribution in [1.29, 1.82) is 0 Å². The summed E-state index contributed by atoms with van der Waals surface area (Å²) in [6.45, 7) is 4.83. The van der Waals surface area contributed by atoms with Crippen LogP contribution in [0.15, 0.2) is 36.5 Å². The molecule has 0 spiro atoms. The van der Waals surface area contributed by atoms with Gasteiger partial charge in [-0.15, -0.1) is 0 Å². The first kappa shape index (κ1) is 12.0. The van der Waals surface area contributed by atoms with Gasteiger partial charge < -0.3 is 5.11 Å². The van der Waals surface area contributed by atoms with Crippen molar-refractivity contribution in [1.82, 2.24) is 9.88 Å². The lowest BCUT2D eigenvalue weighted by Crippen LogP contribution is -2.26. The Morgan fingerprint density at radius 1 is 1.24 bits per heavy atom. The monoisotopic (exact) mass is 230 g/mol. The van der Waals surface area contributed by atoms with E-state index in [1.165, 1.54) is 10.9 Å². The molecule has 17 heavy (non-hydrogen) atoms.